The first-order valence-electron chi connectivity index (χ1n) is 11.2. The number of nitrogens with zero attached hydrogens (tertiary/aromatic N) is 2. The second-order valence-corrected chi connectivity index (χ2v) is 10.3. The fourth-order valence-corrected chi connectivity index (χ4v) is 5.48. The van der Waals surface area contributed by atoms with Crippen LogP contribution in [-0.4, -0.2) is 75.3 Å². The molecule has 0 heterocycles. The van der Waals surface area contributed by atoms with Crippen LogP contribution in [-0.2, 0) is 20.9 Å². The number of rotatable bonds is 12. The Bertz CT molecular complexity index is 779. The summed E-state index contributed by atoms with van der Waals surface area (Å²) in [5.74, 6) is 0.383. The van der Waals surface area contributed by atoms with Gasteiger partial charge in [0.05, 0.1) is 17.1 Å². The Morgan fingerprint density at radius 2 is 1.72 bits per heavy atom. The molecule has 32 heavy (non-hydrogen) atoms. The molecule has 2 rings (SSSR count). The SMILES string of the molecule is CCN(CCO)CCCOC[C@H]1CC[C@H](N(C)S(=O)(=O)c2ccc(C(F)(F)F)cc2)CC1. The number of hydrogen-bond acceptors (Lipinski definition) is 5. The molecule has 184 valence electrons. The van der Waals surface area contributed by atoms with Gasteiger partial charge in [-0.25, -0.2) is 8.42 Å². The van der Waals surface area contributed by atoms with Gasteiger partial charge in [0.2, 0.25) is 10.0 Å². The summed E-state index contributed by atoms with van der Waals surface area (Å²) in [6.07, 6.45) is -0.498. The van der Waals surface area contributed by atoms with Crippen molar-refractivity contribution in [3.8, 4) is 0 Å². The highest BCUT2D eigenvalue weighted by molar-refractivity contribution is 7.89. The summed E-state index contributed by atoms with van der Waals surface area (Å²) in [5.41, 5.74) is -0.865. The number of halogens is 3. The summed E-state index contributed by atoms with van der Waals surface area (Å²) in [6, 6.07) is 3.48. The Balaban J connectivity index is 1.77. The maximum atomic E-state index is 12.8. The molecule has 1 fully saturated rings. The molecule has 0 bridgehead atoms. The molecule has 1 aliphatic rings. The van der Waals surface area contributed by atoms with Gasteiger partial charge in [0, 0.05) is 39.4 Å². The summed E-state index contributed by atoms with van der Waals surface area (Å²) in [5, 5.41) is 9.00. The second kappa shape index (κ2) is 12.3. The summed E-state index contributed by atoms with van der Waals surface area (Å²) in [7, 11) is -2.35. The first-order valence-corrected chi connectivity index (χ1v) is 12.6. The lowest BCUT2D eigenvalue weighted by atomic mass is 9.86. The van der Waals surface area contributed by atoms with Gasteiger partial charge in [0.25, 0.3) is 0 Å². The smallest absolute Gasteiger partial charge is 0.395 e. The van der Waals surface area contributed by atoms with Crippen LogP contribution in [0.5, 0.6) is 0 Å². The summed E-state index contributed by atoms with van der Waals surface area (Å²) < 4.78 is 71.0. The topological polar surface area (TPSA) is 70.1 Å². The number of likely N-dealkylation sites (N-methyl/N-ethyl adjacent to an activating group) is 1. The number of hydrogen-bond donors (Lipinski definition) is 1. The molecule has 0 amide bonds. The normalized spacial score (nSPS) is 20.2. The molecule has 0 aliphatic heterocycles. The Labute approximate surface area is 189 Å². The van der Waals surface area contributed by atoms with Crippen molar-refractivity contribution in [3.05, 3.63) is 29.8 Å². The van der Waals surface area contributed by atoms with Gasteiger partial charge in [-0.05, 0) is 68.8 Å². The van der Waals surface area contributed by atoms with E-state index in [1.807, 2.05) is 0 Å². The van der Waals surface area contributed by atoms with E-state index in [9.17, 15) is 21.6 Å². The van der Waals surface area contributed by atoms with Crippen molar-refractivity contribution in [1.82, 2.24) is 9.21 Å². The van der Waals surface area contributed by atoms with Gasteiger partial charge in [0.1, 0.15) is 0 Å². The van der Waals surface area contributed by atoms with E-state index >= 15 is 0 Å². The summed E-state index contributed by atoms with van der Waals surface area (Å²) in [6.45, 7) is 5.97. The fraction of sp³-hybridized carbons (Fsp3) is 0.727. The lowest BCUT2D eigenvalue weighted by Crippen LogP contribution is -2.40. The van der Waals surface area contributed by atoms with Crippen LogP contribution in [0.25, 0.3) is 0 Å². The van der Waals surface area contributed by atoms with E-state index in [0.29, 0.717) is 38.5 Å². The van der Waals surface area contributed by atoms with E-state index in [1.165, 1.54) is 11.4 Å². The molecule has 1 aromatic carbocycles. The molecular formula is C22H35F3N2O4S. The predicted molar refractivity (Wildman–Crippen MR) is 117 cm³/mol. The number of ether oxygens (including phenoxy) is 1. The van der Waals surface area contributed by atoms with Crippen molar-refractivity contribution >= 4 is 10.0 Å². The molecule has 0 radical (unpaired) electrons. The Morgan fingerprint density at radius 1 is 1.09 bits per heavy atom. The third-order valence-electron chi connectivity index (χ3n) is 6.17. The molecule has 0 unspecified atom stereocenters. The number of sulfonamides is 1. The highest BCUT2D eigenvalue weighted by atomic mass is 32.2. The molecule has 0 atom stereocenters. The zero-order valence-electron chi connectivity index (χ0n) is 18.9. The number of alkyl halides is 3. The molecule has 6 nitrogen and oxygen atoms in total. The van der Waals surface area contributed by atoms with E-state index in [2.05, 4.69) is 11.8 Å². The molecule has 10 heteroatoms. The van der Waals surface area contributed by atoms with Gasteiger partial charge in [-0.2, -0.15) is 17.5 Å². The van der Waals surface area contributed by atoms with E-state index in [4.69, 9.17) is 9.84 Å². The van der Waals surface area contributed by atoms with Gasteiger partial charge in [-0.15, -0.1) is 0 Å². The summed E-state index contributed by atoms with van der Waals surface area (Å²) >= 11 is 0. The third kappa shape index (κ3) is 7.69. The lowest BCUT2D eigenvalue weighted by molar-refractivity contribution is -0.137. The van der Waals surface area contributed by atoms with Crippen molar-refractivity contribution < 1.29 is 31.4 Å². The average molecular weight is 481 g/mol. The number of aliphatic hydroxyl groups is 1. The van der Waals surface area contributed by atoms with Crippen molar-refractivity contribution in [3.63, 3.8) is 0 Å². The average Bonchev–Trinajstić information content (AvgIpc) is 2.77. The van der Waals surface area contributed by atoms with Gasteiger partial charge >= 0.3 is 6.18 Å². The van der Waals surface area contributed by atoms with E-state index in [1.54, 1.807) is 0 Å². The standard InChI is InChI=1S/C22H35F3N2O4S/c1-3-27(14-15-28)13-4-16-31-17-18-5-9-20(10-6-18)26(2)32(29,30)21-11-7-19(8-12-21)22(23,24)25/h7-8,11-12,18,20,28H,3-6,9-10,13-17H2,1-2H3/t18-,20-. The van der Waals surface area contributed by atoms with Crippen molar-refractivity contribution in [2.45, 2.75) is 56.1 Å². The largest absolute Gasteiger partial charge is 0.416 e. The van der Waals surface area contributed by atoms with E-state index < -0.39 is 21.8 Å². The lowest BCUT2D eigenvalue weighted by Gasteiger charge is -2.34. The Kier molecular flexibility index (Phi) is 10.4. The fourth-order valence-electron chi connectivity index (χ4n) is 4.06. The minimum Gasteiger partial charge on any atom is -0.395 e. The minimum atomic E-state index is -4.50. The highest BCUT2D eigenvalue weighted by Gasteiger charge is 2.33. The molecule has 0 aromatic heterocycles. The van der Waals surface area contributed by atoms with E-state index in [-0.39, 0.29) is 17.5 Å². The van der Waals surface area contributed by atoms with Crippen molar-refractivity contribution in [2.75, 3.05) is 46.5 Å². The first kappa shape index (κ1) is 27.0. The van der Waals surface area contributed by atoms with Crippen molar-refractivity contribution in [2.24, 2.45) is 5.92 Å². The minimum absolute atomic E-state index is 0.124. The Morgan fingerprint density at radius 3 is 2.25 bits per heavy atom. The highest BCUT2D eigenvalue weighted by Crippen LogP contribution is 2.32. The summed E-state index contributed by atoms with van der Waals surface area (Å²) in [4.78, 5) is 2.04. The quantitative estimate of drug-likeness (QED) is 0.463. The molecule has 0 saturated heterocycles. The molecule has 1 saturated carbocycles. The van der Waals surface area contributed by atoms with Gasteiger partial charge < -0.3 is 14.7 Å². The van der Waals surface area contributed by atoms with Crippen LogP contribution in [0.15, 0.2) is 29.2 Å². The van der Waals surface area contributed by atoms with Crippen LogP contribution in [0.1, 0.15) is 44.6 Å². The zero-order chi connectivity index (χ0) is 23.8. The second-order valence-electron chi connectivity index (χ2n) is 8.30. The third-order valence-corrected chi connectivity index (χ3v) is 8.09. The Hall–Kier alpha value is -1.20. The van der Waals surface area contributed by atoms with Crippen molar-refractivity contribution in [1.29, 1.82) is 0 Å². The maximum absolute atomic E-state index is 12.8. The van der Waals surface area contributed by atoms with Crippen LogP contribution in [0.4, 0.5) is 13.2 Å². The molecule has 1 N–H and O–H groups in total. The number of benzene rings is 1. The van der Waals surface area contributed by atoms with E-state index in [0.717, 1.165) is 56.6 Å². The maximum Gasteiger partial charge on any atom is 0.416 e. The van der Waals surface area contributed by atoms with Crippen LogP contribution in [0, 0.1) is 5.92 Å². The molecular weight excluding hydrogens is 445 g/mol. The molecule has 1 aromatic rings. The molecule has 0 spiro atoms. The predicted octanol–water partition coefficient (Wildman–Crippen LogP) is 3.61. The van der Waals surface area contributed by atoms with Gasteiger partial charge in [-0.1, -0.05) is 6.92 Å². The van der Waals surface area contributed by atoms with Gasteiger partial charge in [0.15, 0.2) is 0 Å². The van der Waals surface area contributed by atoms with Crippen LogP contribution in [0.2, 0.25) is 0 Å². The van der Waals surface area contributed by atoms with Crippen LogP contribution < -0.4 is 0 Å². The van der Waals surface area contributed by atoms with Gasteiger partial charge in [-0.3, -0.25) is 0 Å². The number of aliphatic hydroxyl groups excluding tert-OH is 1. The zero-order valence-corrected chi connectivity index (χ0v) is 19.7. The van der Waals surface area contributed by atoms with Crippen LogP contribution >= 0.6 is 0 Å². The monoisotopic (exact) mass is 480 g/mol. The molecule has 1 aliphatic carbocycles. The van der Waals surface area contributed by atoms with Crippen LogP contribution in [0.3, 0.4) is 0 Å². The first-order chi connectivity index (χ1) is 15.1.